The number of hydrogen-bond donors (Lipinski definition) is 2. The van der Waals surface area contributed by atoms with Crippen LogP contribution in [0.25, 0.3) is 0 Å². The van der Waals surface area contributed by atoms with Gasteiger partial charge in [-0.3, -0.25) is 4.79 Å². The van der Waals surface area contributed by atoms with Crippen LogP contribution in [0.5, 0.6) is 5.75 Å². The number of aromatic hydroxyl groups is 1. The molecule has 4 nitrogen and oxygen atoms in total. The number of phenolic OH excluding ortho intramolecular Hbond substituents is 1. The van der Waals surface area contributed by atoms with Crippen molar-refractivity contribution in [1.29, 1.82) is 0 Å². The van der Waals surface area contributed by atoms with Crippen LogP contribution >= 0.6 is 11.3 Å². The summed E-state index contributed by atoms with van der Waals surface area (Å²) in [4.78, 5) is 17.5. The zero-order valence-corrected chi connectivity index (χ0v) is 14.2. The maximum atomic E-state index is 11.8. The largest absolute Gasteiger partial charge is 0.507 e. The lowest BCUT2D eigenvalue weighted by atomic mass is 9.95. The van der Waals surface area contributed by atoms with Crippen LogP contribution in [0.3, 0.4) is 0 Å². The molecule has 0 atom stereocenters. The number of primary amides is 1. The fourth-order valence-corrected chi connectivity index (χ4v) is 4.35. The van der Waals surface area contributed by atoms with Crippen molar-refractivity contribution in [3.8, 4) is 5.75 Å². The average molecular weight is 328 g/mol. The quantitative estimate of drug-likeness (QED) is 0.841. The van der Waals surface area contributed by atoms with Crippen molar-refractivity contribution < 1.29 is 9.90 Å². The van der Waals surface area contributed by atoms with Crippen LogP contribution in [0.1, 0.15) is 50.3 Å². The molecule has 3 N–H and O–H groups in total. The van der Waals surface area contributed by atoms with Gasteiger partial charge in [0, 0.05) is 16.7 Å². The van der Waals surface area contributed by atoms with Gasteiger partial charge in [-0.2, -0.15) is 0 Å². The van der Waals surface area contributed by atoms with Gasteiger partial charge >= 0.3 is 0 Å². The molecule has 0 bridgehead atoms. The Kier molecular flexibility index (Phi) is 4.22. The van der Waals surface area contributed by atoms with E-state index in [-0.39, 0.29) is 5.75 Å². The molecule has 1 aliphatic rings. The number of thiophene rings is 1. The van der Waals surface area contributed by atoms with Gasteiger partial charge in [-0.15, -0.1) is 11.3 Å². The fraction of sp³-hybridized carbons (Fsp3) is 0.333. The van der Waals surface area contributed by atoms with Crippen LogP contribution in [-0.2, 0) is 12.8 Å². The molecule has 0 radical (unpaired) electrons. The Morgan fingerprint density at radius 3 is 2.78 bits per heavy atom. The van der Waals surface area contributed by atoms with Crippen molar-refractivity contribution in [2.75, 3.05) is 0 Å². The van der Waals surface area contributed by atoms with Gasteiger partial charge in [0.15, 0.2) is 0 Å². The molecular formula is C18H20N2O2S. The number of fused-ring (bicyclic) bond motifs is 1. The molecule has 1 aromatic heterocycles. The minimum atomic E-state index is -0.416. The predicted octanol–water partition coefficient (Wildman–Crippen LogP) is 3.80. The minimum absolute atomic E-state index is 0.223. The maximum absolute atomic E-state index is 11.8. The van der Waals surface area contributed by atoms with E-state index in [0.717, 1.165) is 42.4 Å². The summed E-state index contributed by atoms with van der Waals surface area (Å²) in [6.07, 6.45) is 5.75. The molecule has 0 unspecified atom stereocenters. The number of carbonyl (C=O) groups excluding carboxylic acids is 1. The third kappa shape index (κ3) is 3.01. The number of aryl methyl sites for hydroxylation is 3. The minimum Gasteiger partial charge on any atom is -0.507 e. The lowest BCUT2D eigenvalue weighted by Gasteiger charge is -2.10. The van der Waals surface area contributed by atoms with Crippen LogP contribution in [0, 0.1) is 13.8 Å². The van der Waals surface area contributed by atoms with E-state index in [1.807, 2.05) is 26.0 Å². The van der Waals surface area contributed by atoms with E-state index < -0.39 is 5.91 Å². The molecule has 0 spiro atoms. The Morgan fingerprint density at radius 2 is 2.04 bits per heavy atom. The Labute approximate surface area is 139 Å². The number of benzene rings is 1. The first-order valence-corrected chi connectivity index (χ1v) is 8.57. The van der Waals surface area contributed by atoms with E-state index in [0.29, 0.717) is 16.1 Å². The number of nitrogens with two attached hydrogens (primary N) is 1. The van der Waals surface area contributed by atoms with E-state index in [4.69, 9.17) is 5.73 Å². The maximum Gasteiger partial charge on any atom is 0.252 e. The van der Waals surface area contributed by atoms with Gasteiger partial charge in [-0.05, 0) is 62.3 Å². The lowest BCUT2D eigenvalue weighted by molar-refractivity contribution is 0.100. The summed E-state index contributed by atoms with van der Waals surface area (Å²) < 4.78 is 0. The summed E-state index contributed by atoms with van der Waals surface area (Å²) in [6.45, 7) is 3.83. The van der Waals surface area contributed by atoms with Crippen LogP contribution in [0.2, 0.25) is 0 Å². The number of carbonyl (C=O) groups is 1. The number of rotatable bonds is 3. The van der Waals surface area contributed by atoms with E-state index in [9.17, 15) is 9.90 Å². The molecule has 2 aromatic rings. The highest BCUT2D eigenvalue weighted by atomic mass is 32.1. The predicted molar refractivity (Wildman–Crippen MR) is 94.3 cm³/mol. The van der Waals surface area contributed by atoms with Gasteiger partial charge in [0.1, 0.15) is 10.8 Å². The van der Waals surface area contributed by atoms with Crippen LogP contribution in [0.4, 0.5) is 5.00 Å². The summed E-state index contributed by atoms with van der Waals surface area (Å²) in [5, 5.41) is 10.8. The van der Waals surface area contributed by atoms with Crippen LogP contribution in [0.15, 0.2) is 17.1 Å². The van der Waals surface area contributed by atoms with Crippen molar-refractivity contribution in [2.45, 2.75) is 39.5 Å². The smallest absolute Gasteiger partial charge is 0.252 e. The van der Waals surface area contributed by atoms with Crippen LogP contribution in [-0.4, -0.2) is 17.2 Å². The molecule has 3 rings (SSSR count). The SMILES string of the molecule is Cc1cc(C)c(O)c(C=Nc2sc3c(c2C(N)=O)CCCC3)c1. The third-order valence-electron chi connectivity index (χ3n) is 4.19. The standard InChI is InChI=1S/C18H20N2O2S/c1-10-7-11(2)16(21)12(8-10)9-20-18-15(17(19)22)13-5-3-4-6-14(13)23-18/h7-9,21H,3-6H2,1-2H3,(H2,19,22). The van der Waals surface area contributed by atoms with Gasteiger partial charge < -0.3 is 10.8 Å². The Bertz CT molecular complexity index is 806. The molecule has 0 aliphatic heterocycles. The molecule has 0 saturated carbocycles. The molecule has 1 heterocycles. The highest BCUT2D eigenvalue weighted by Crippen LogP contribution is 2.39. The van der Waals surface area contributed by atoms with E-state index in [1.165, 1.54) is 4.88 Å². The van der Waals surface area contributed by atoms with Gasteiger partial charge in [-0.1, -0.05) is 6.07 Å². The topological polar surface area (TPSA) is 75.7 Å². The molecule has 120 valence electrons. The first-order chi connectivity index (χ1) is 11.0. The second-order valence-corrected chi connectivity index (χ2v) is 7.12. The highest BCUT2D eigenvalue weighted by molar-refractivity contribution is 7.16. The third-order valence-corrected chi connectivity index (χ3v) is 5.39. The van der Waals surface area contributed by atoms with Gasteiger partial charge in [-0.25, -0.2) is 4.99 Å². The second-order valence-electron chi connectivity index (χ2n) is 6.03. The molecule has 5 heteroatoms. The van der Waals surface area contributed by atoms with E-state index in [2.05, 4.69) is 4.99 Å². The number of aliphatic imine (C=N–C) groups is 1. The van der Waals surface area contributed by atoms with E-state index in [1.54, 1.807) is 17.6 Å². The molecule has 23 heavy (non-hydrogen) atoms. The number of amides is 1. The number of hydrogen-bond acceptors (Lipinski definition) is 4. The fourth-order valence-electron chi connectivity index (χ4n) is 3.12. The highest BCUT2D eigenvalue weighted by Gasteiger charge is 2.23. The normalized spacial score (nSPS) is 14.2. The monoisotopic (exact) mass is 328 g/mol. The first kappa shape index (κ1) is 15.7. The van der Waals surface area contributed by atoms with Crippen molar-refractivity contribution in [3.63, 3.8) is 0 Å². The molecule has 1 aromatic carbocycles. The zero-order valence-electron chi connectivity index (χ0n) is 13.3. The molecule has 0 saturated heterocycles. The summed E-state index contributed by atoms with van der Waals surface area (Å²) in [6, 6.07) is 3.80. The molecule has 0 fully saturated rings. The van der Waals surface area contributed by atoms with Crippen molar-refractivity contribution in [3.05, 3.63) is 44.8 Å². The van der Waals surface area contributed by atoms with Gasteiger partial charge in [0.05, 0.1) is 5.56 Å². The summed E-state index contributed by atoms with van der Waals surface area (Å²) in [7, 11) is 0. The van der Waals surface area contributed by atoms with E-state index >= 15 is 0 Å². The summed E-state index contributed by atoms with van der Waals surface area (Å²) in [5.41, 5.74) is 9.74. The molecule has 1 amide bonds. The van der Waals surface area contributed by atoms with Gasteiger partial charge in [0.25, 0.3) is 5.91 Å². The Hall–Kier alpha value is -2.14. The summed E-state index contributed by atoms with van der Waals surface area (Å²) in [5.74, 6) is -0.192. The lowest BCUT2D eigenvalue weighted by Crippen LogP contribution is -2.14. The summed E-state index contributed by atoms with van der Waals surface area (Å²) >= 11 is 1.54. The average Bonchev–Trinajstić information content (AvgIpc) is 2.87. The first-order valence-electron chi connectivity index (χ1n) is 7.76. The van der Waals surface area contributed by atoms with Crippen LogP contribution < -0.4 is 5.73 Å². The number of phenols is 1. The Morgan fingerprint density at radius 1 is 1.30 bits per heavy atom. The second kappa shape index (κ2) is 6.16. The zero-order chi connectivity index (χ0) is 16.6. The van der Waals surface area contributed by atoms with Crippen molar-refractivity contribution in [1.82, 2.24) is 0 Å². The van der Waals surface area contributed by atoms with Crippen molar-refractivity contribution >= 4 is 28.5 Å². The Balaban J connectivity index is 2.03. The number of nitrogens with zero attached hydrogens (tertiary/aromatic N) is 1. The van der Waals surface area contributed by atoms with Crippen molar-refractivity contribution in [2.24, 2.45) is 10.7 Å². The van der Waals surface area contributed by atoms with Gasteiger partial charge in [0.2, 0.25) is 0 Å². The molecule has 1 aliphatic carbocycles. The molecular weight excluding hydrogens is 308 g/mol.